The van der Waals surface area contributed by atoms with Crippen LogP contribution in [0.2, 0.25) is 0 Å². The monoisotopic (exact) mass is 244 g/mol. The minimum absolute atomic E-state index is 0.205. The van der Waals surface area contributed by atoms with Gasteiger partial charge in [-0.3, -0.25) is 0 Å². The molecule has 0 aliphatic rings. The number of rotatable bonds is 5. The number of benzene rings is 1. The van der Waals surface area contributed by atoms with Crippen molar-refractivity contribution in [3.8, 4) is 6.07 Å². The van der Waals surface area contributed by atoms with Gasteiger partial charge in [0.05, 0.1) is 6.07 Å². The van der Waals surface area contributed by atoms with Crippen molar-refractivity contribution < 1.29 is 0 Å². The summed E-state index contributed by atoms with van der Waals surface area (Å²) in [6, 6.07) is 8.90. The molecule has 0 bridgehead atoms. The Bertz CT molecular complexity index is 422. The number of aryl methyl sites for hydroxylation is 1. The maximum atomic E-state index is 8.46. The van der Waals surface area contributed by atoms with Crippen molar-refractivity contribution in [2.75, 3.05) is 13.1 Å². The molecule has 0 fully saturated rings. The molecular formula is C16H24N2. The van der Waals surface area contributed by atoms with Crippen LogP contribution < -0.4 is 5.32 Å². The van der Waals surface area contributed by atoms with E-state index in [0.717, 1.165) is 19.5 Å². The lowest BCUT2D eigenvalue weighted by atomic mass is 9.85. The lowest BCUT2D eigenvalue weighted by molar-refractivity contribution is 0.588. The molecule has 0 aliphatic heterocycles. The van der Waals surface area contributed by atoms with Crippen molar-refractivity contribution >= 4 is 0 Å². The Morgan fingerprint density at radius 1 is 1.22 bits per heavy atom. The molecule has 1 rings (SSSR count). The third kappa shape index (κ3) is 4.50. The first-order chi connectivity index (χ1) is 8.45. The minimum atomic E-state index is 0.205. The first-order valence-electron chi connectivity index (χ1n) is 6.63. The zero-order valence-corrected chi connectivity index (χ0v) is 12.0. The summed E-state index contributed by atoms with van der Waals surface area (Å²) in [5.74, 6) is 0. The summed E-state index contributed by atoms with van der Waals surface area (Å²) in [7, 11) is 0. The average Bonchev–Trinajstić information content (AvgIpc) is 2.29. The predicted molar refractivity (Wildman–Crippen MR) is 76.7 cm³/mol. The zero-order chi connectivity index (χ0) is 13.6. The fraction of sp³-hybridized carbons (Fsp3) is 0.562. The molecule has 0 unspecified atom stereocenters. The van der Waals surface area contributed by atoms with Gasteiger partial charge in [-0.2, -0.15) is 5.26 Å². The van der Waals surface area contributed by atoms with E-state index in [-0.39, 0.29) is 5.41 Å². The van der Waals surface area contributed by atoms with Crippen molar-refractivity contribution in [1.29, 1.82) is 5.26 Å². The highest BCUT2D eigenvalue weighted by molar-refractivity contribution is 5.34. The van der Waals surface area contributed by atoms with Gasteiger partial charge >= 0.3 is 0 Å². The van der Waals surface area contributed by atoms with Crippen LogP contribution in [0.15, 0.2) is 18.2 Å². The maximum Gasteiger partial charge on any atom is 0.0635 e. The Labute approximate surface area is 111 Å². The quantitative estimate of drug-likeness (QED) is 0.806. The molecule has 0 saturated heterocycles. The maximum absolute atomic E-state index is 8.46. The molecule has 0 saturated carbocycles. The van der Waals surface area contributed by atoms with Crippen LogP contribution in [0.25, 0.3) is 0 Å². The van der Waals surface area contributed by atoms with E-state index in [9.17, 15) is 0 Å². The lowest BCUT2D eigenvalue weighted by Gasteiger charge is -2.21. The van der Waals surface area contributed by atoms with Gasteiger partial charge in [0.25, 0.3) is 0 Å². The minimum Gasteiger partial charge on any atom is -0.315 e. The summed E-state index contributed by atoms with van der Waals surface area (Å²) in [5, 5.41) is 11.8. The molecule has 0 heterocycles. The summed E-state index contributed by atoms with van der Waals surface area (Å²) in [6.45, 7) is 10.6. The van der Waals surface area contributed by atoms with Gasteiger partial charge in [-0.15, -0.1) is 0 Å². The van der Waals surface area contributed by atoms with Crippen molar-refractivity contribution in [3.05, 3.63) is 34.9 Å². The summed E-state index contributed by atoms with van der Waals surface area (Å²) in [4.78, 5) is 0. The van der Waals surface area contributed by atoms with Crippen LogP contribution in [-0.4, -0.2) is 13.1 Å². The number of hydrogen-bond donors (Lipinski definition) is 1. The second kappa shape index (κ2) is 6.56. The second-order valence-corrected chi connectivity index (χ2v) is 5.80. The van der Waals surface area contributed by atoms with Crippen molar-refractivity contribution in [3.63, 3.8) is 0 Å². The highest BCUT2D eigenvalue weighted by atomic mass is 14.8. The molecular weight excluding hydrogens is 220 g/mol. The van der Waals surface area contributed by atoms with Crippen LogP contribution in [0.1, 0.15) is 43.9 Å². The van der Waals surface area contributed by atoms with Crippen LogP contribution in [0.3, 0.4) is 0 Å². The van der Waals surface area contributed by atoms with Crippen LogP contribution in [0, 0.1) is 18.3 Å². The number of nitriles is 1. The molecule has 0 aliphatic carbocycles. The van der Waals surface area contributed by atoms with Crippen LogP contribution in [-0.2, 0) is 11.8 Å². The number of nitrogens with zero attached hydrogens (tertiary/aromatic N) is 1. The Balaban J connectivity index is 2.62. The van der Waals surface area contributed by atoms with E-state index in [1.807, 2.05) is 0 Å². The van der Waals surface area contributed by atoms with Gasteiger partial charge in [-0.25, -0.2) is 0 Å². The molecule has 0 atom stereocenters. The van der Waals surface area contributed by atoms with Gasteiger partial charge in [0, 0.05) is 13.0 Å². The van der Waals surface area contributed by atoms with Crippen LogP contribution in [0.5, 0.6) is 0 Å². The summed E-state index contributed by atoms with van der Waals surface area (Å²) in [6.07, 6.45) is 1.61. The molecule has 0 amide bonds. The highest BCUT2D eigenvalue weighted by Gasteiger charge is 2.14. The smallest absolute Gasteiger partial charge is 0.0635 e. The Morgan fingerprint density at radius 2 is 1.94 bits per heavy atom. The molecule has 18 heavy (non-hydrogen) atoms. The average molecular weight is 244 g/mol. The van der Waals surface area contributed by atoms with E-state index in [1.165, 1.54) is 16.7 Å². The Kier molecular flexibility index (Phi) is 5.37. The molecule has 1 aromatic rings. The van der Waals surface area contributed by atoms with E-state index < -0.39 is 0 Å². The lowest BCUT2D eigenvalue weighted by Crippen LogP contribution is -2.19. The number of hydrogen-bond acceptors (Lipinski definition) is 2. The van der Waals surface area contributed by atoms with E-state index in [4.69, 9.17) is 5.26 Å². The summed E-state index contributed by atoms with van der Waals surface area (Å²) < 4.78 is 0. The predicted octanol–water partition coefficient (Wildman–Crippen LogP) is 3.34. The largest absolute Gasteiger partial charge is 0.315 e. The molecule has 2 heteroatoms. The number of nitrogens with one attached hydrogen (secondary N) is 1. The van der Waals surface area contributed by atoms with Crippen molar-refractivity contribution in [2.45, 2.75) is 46.0 Å². The molecule has 0 spiro atoms. The third-order valence-electron chi connectivity index (χ3n) is 3.20. The van der Waals surface area contributed by atoms with Gasteiger partial charge in [0.15, 0.2) is 0 Å². The highest BCUT2D eigenvalue weighted by Crippen LogP contribution is 2.24. The zero-order valence-electron chi connectivity index (χ0n) is 12.0. The van der Waals surface area contributed by atoms with Gasteiger partial charge < -0.3 is 5.32 Å². The van der Waals surface area contributed by atoms with Crippen LogP contribution in [0.4, 0.5) is 0 Å². The van der Waals surface area contributed by atoms with Gasteiger partial charge in [0.2, 0.25) is 0 Å². The molecule has 1 aromatic carbocycles. The fourth-order valence-corrected chi connectivity index (χ4v) is 1.90. The standard InChI is InChI=1S/C16H24N2/c1-13-6-7-15(16(2,3)4)12-14(13)8-11-18-10-5-9-17/h6-7,12,18H,5,8,10-11H2,1-4H3. The Hall–Kier alpha value is -1.33. The van der Waals surface area contributed by atoms with Gasteiger partial charge in [-0.05, 0) is 42.0 Å². The topological polar surface area (TPSA) is 35.8 Å². The molecule has 98 valence electrons. The van der Waals surface area contributed by atoms with Gasteiger partial charge in [0.1, 0.15) is 0 Å². The molecule has 0 aromatic heterocycles. The second-order valence-electron chi connectivity index (χ2n) is 5.80. The van der Waals surface area contributed by atoms with E-state index in [1.54, 1.807) is 0 Å². The summed E-state index contributed by atoms with van der Waals surface area (Å²) in [5.41, 5.74) is 4.36. The summed E-state index contributed by atoms with van der Waals surface area (Å²) >= 11 is 0. The first-order valence-corrected chi connectivity index (χ1v) is 6.63. The molecule has 2 nitrogen and oxygen atoms in total. The van der Waals surface area contributed by atoms with Crippen molar-refractivity contribution in [1.82, 2.24) is 5.32 Å². The third-order valence-corrected chi connectivity index (χ3v) is 3.20. The van der Waals surface area contributed by atoms with Gasteiger partial charge in [-0.1, -0.05) is 39.0 Å². The fourth-order valence-electron chi connectivity index (χ4n) is 1.90. The van der Waals surface area contributed by atoms with Crippen LogP contribution >= 0.6 is 0 Å². The SMILES string of the molecule is Cc1ccc(C(C)(C)C)cc1CCNCCC#N. The van der Waals surface area contributed by atoms with Crippen molar-refractivity contribution in [2.24, 2.45) is 0 Å². The van der Waals surface area contributed by atoms with E-state index >= 15 is 0 Å². The molecule has 0 radical (unpaired) electrons. The molecule has 1 N–H and O–H groups in total. The first kappa shape index (κ1) is 14.7. The van der Waals surface area contributed by atoms with E-state index in [0.29, 0.717) is 6.42 Å². The van der Waals surface area contributed by atoms with E-state index in [2.05, 4.69) is 57.3 Å². The normalized spacial score (nSPS) is 11.3. The Morgan fingerprint density at radius 3 is 2.56 bits per heavy atom.